The molecule has 0 amide bonds. The summed E-state index contributed by atoms with van der Waals surface area (Å²) < 4.78 is 16.4. The molecule has 2 heterocycles. The SMILES string of the molecule is Cc1ccc(Cc2nc3c(Cc4ccccc4)nc(-c4cccc(N)c4F)cn3c2O)cc1. The van der Waals surface area contributed by atoms with Crippen molar-refractivity contribution in [2.45, 2.75) is 19.8 Å². The van der Waals surface area contributed by atoms with Crippen molar-refractivity contribution >= 4 is 11.3 Å². The predicted octanol–water partition coefficient (Wildman–Crippen LogP) is 5.31. The number of hydrogen-bond donors (Lipinski definition) is 2. The number of hydrogen-bond acceptors (Lipinski definition) is 4. The monoisotopic (exact) mass is 438 g/mol. The van der Waals surface area contributed by atoms with Gasteiger partial charge < -0.3 is 10.8 Å². The van der Waals surface area contributed by atoms with Gasteiger partial charge in [0.15, 0.2) is 11.5 Å². The molecule has 0 aliphatic rings. The second-order valence-electron chi connectivity index (χ2n) is 8.18. The van der Waals surface area contributed by atoms with Crippen molar-refractivity contribution in [2.75, 3.05) is 5.73 Å². The van der Waals surface area contributed by atoms with Gasteiger partial charge in [-0.3, -0.25) is 4.40 Å². The number of benzene rings is 3. The van der Waals surface area contributed by atoms with Crippen LogP contribution in [0.5, 0.6) is 5.88 Å². The minimum Gasteiger partial charge on any atom is -0.493 e. The molecule has 5 nitrogen and oxygen atoms in total. The number of aromatic hydroxyl groups is 1. The van der Waals surface area contributed by atoms with E-state index in [1.807, 2.05) is 61.5 Å². The molecule has 164 valence electrons. The average Bonchev–Trinajstić information content (AvgIpc) is 3.13. The molecule has 33 heavy (non-hydrogen) atoms. The Balaban J connectivity index is 1.67. The van der Waals surface area contributed by atoms with Crippen molar-refractivity contribution in [3.05, 3.63) is 113 Å². The number of imidazole rings is 1. The summed E-state index contributed by atoms with van der Waals surface area (Å²) in [7, 11) is 0. The molecule has 0 spiro atoms. The van der Waals surface area contributed by atoms with Gasteiger partial charge in [-0.2, -0.15) is 0 Å². The zero-order valence-corrected chi connectivity index (χ0v) is 18.2. The normalized spacial score (nSPS) is 11.2. The van der Waals surface area contributed by atoms with E-state index in [1.54, 1.807) is 22.7 Å². The Hall–Kier alpha value is -4.19. The number of aromatic nitrogens is 3. The summed E-state index contributed by atoms with van der Waals surface area (Å²) in [5, 5.41) is 11.0. The molecule has 5 aromatic rings. The van der Waals surface area contributed by atoms with Crippen LogP contribution in [0.15, 0.2) is 79.0 Å². The van der Waals surface area contributed by atoms with Crippen molar-refractivity contribution in [3.8, 4) is 17.1 Å². The van der Waals surface area contributed by atoms with Gasteiger partial charge in [-0.1, -0.05) is 66.2 Å². The first kappa shape index (κ1) is 20.7. The summed E-state index contributed by atoms with van der Waals surface area (Å²) in [4.78, 5) is 9.48. The Bertz CT molecular complexity index is 1440. The number of aryl methyl sites for hydroxylation is 1. The summed E-state index contributed by atoms with van der Waals surface area (Å²) >= 11 is 0. The molecule has 0 saturated carbocycles. The van der Waals surface area contributed by atoms with Crippen LogP contribution in [0.1, 0.15) is 28.1 Å². The Morgan fingerprint density at radius 2 is 1.55 bits per heavy atom. The van der Waals surface area contributed by atoms with E-state index < -0.39 is 5.82 Å². The molecular formula is C27H23FN4O. The van der Waals surface area contributed by atoms with Gasteiger partial charge in [-0.15, -0.1) is 0 Å². The van der Waals surface area contributed by atoms with Crippen LogP contribution < -0.4 is 5.73 Å². The van der Waals surface area contributed by atoms with Gasteiger partial charge in [0.2, 0.25) is 5.88 Å². The first-order chi connectivity index (χ1) is 16.0. The molecule has 0 atom stereocenters. The minimum atomic E-state index is -0.533. The smallest absolute Gasteiger partial charge is 0.219 e. The molecule has 0 aliphatic heterocycles. The Morgan fingerprint density at radius 1 is 0.848 bits per heavy atom. The van der Waals surface area contributed by atoms with Gasteiger partial charge in [0.05, 0.1) is 17.1 Å². The lowest BCUT2D eigenvalue weighted by molar-refractivity contribution is 0.442. The van der Waals surface area contributed by atoms with Crippen LogP contribution in [0, 0.1) is 12.7 Å². The Labute approximate surface area is 191 Å². The van der Waals surface area contributed by atoms with E-state index in [2.05, 4.69) is 0 Å². The number of halogens is 1. The predicted molar refractivity (Wildman–Crippen MR) is 128 cm³/mol. The highest BCUT2D eigenvalue weighted by molar-refractivity contribution is 5.67. The minimum absolute atomic E-state index is 0.0212. The van der Waals surface area contributed by atoms with Gasteiger partial charge in [0, 0.05) is 24.6 Å². The van der Waals surface area contributed by atoms with Crippen molar-refractivity contribution in [1.29, 1.82) is 0 Å². The van der Waals surface area contributed by atoms with Gasteiger partial charge in [0.1, 0.15) is 5.69 Å². The topological polar surface area (TPSA) is 76.4 Å². The van der Waals surface area contributed by atoms with E-state index in [-0.39, 0.29) is 17.1 Å². The number of nitrogen functional groups attached to an aromatic ring is 1. The highest BCUT2D eigenvalue weighted by Crippen LogP contribution is 2.30. The van der Waals surface area contributed by atoms with Crippen LogP contribution in [0.2, 0.25) is 0 Å². The van der Waals surface area contributed by atoms with Crippen LogP contribution >= 0.6 is 0 Å². The van der Waals surface area contributed by atoms with Gasteiger partial charge in [-0.25, -0.2) is 14.4 Å². The molecule has 3 N–H and O–H groups in total. The van der Waals surface area contributed by atoms with Crippen LogP contribution in [0.25, 0.3) is 16.9 Å². The van der Waals surface area contributed by atoms with Crippen molar-refractivity contribution in [1.82, 2.24) is 14.4 Å². The summed E-state index contributed by atoms with van der Waals surface area (Å²) in [6.45, 7) is 2.03. The fourth-order valence-corrected chi connectivity index (χ4v) is 3.95. The van der Waals surface area contributed by atoms with Crippen molar-refractivity contribution in [3.63, 3.8) is 0 Å². The number of fused-ring (bicyclic) bond motifs is 1. The highest BCUT2D eigenvalue weighted by Gasteiger charge is 2.19. The van der Waals surface area contributed by atoms with E-state index >= 15 is 0 Å². The lowest BCUT2D eigenvalue weighted by Gasteiger charge is -2.10. The summed E-state index contributed by atoms with van der Waals surface area (Å²) in [5.74, 6) is -0.512. The summed E-state index contributed by atoms with van der Waals surface area (Å²) in [6, 6.07) is 22.8. The maximum absolute atomic E-state index is 14.8. The Kier molecular flexibility index (Phi) is 5.26. The van der Waals surface area contributed by atoms with Crippen molar-refractivity contribution < 1.29 is 9.50 Å². The number of rotatable bonds is 5. The van der Waals surface area contributed by atoms with E-state index in [1.165, 1.54) is 11.6 Å². The molecule has 6 heteroatoms. The van der Waals surface area contributed by atoms with Crippen LogP contribution in [-0.2, 0) is 12.8 Å². The lowest BCUT2D eigenvalue weighted by Crippen LogP contribution is -2.02. The van der Waals surface area contributed by atoms with E-state index in [0.29, 0.717) is 35.6 Å². The molecule has 0 aliphatic carbocycles. The number of nitrogens with zero attached hydrogens (tertiary/aromatic N) is 3. The number of nitrogens with two attached hydrogens (primary N) is 1. The quantitative estimate of drug-likeness (QED) is 0.365. The third-order valence-corrected chi connectivity index (χ3v) is 5.73. The van der Waals surface area contributed by atoms with Gasteiger partial charge >= 0.3 is 0 Å². The third-order valence-electron chi connectivity index (χ3n) is 5.73. The first-order valence-electron chi connectivity index (χ1n) is 10.7. The first-order valence-corrected chi connectivity index (χ1v) is 10.7. The van der Waals surface area contributed by atoms with Gasteiger partial charge in [0.25, 0.3) is 0 Å². The van der Waals surface area contributed by atoms with Crippen LogP contribution in [-0.4, -0.2) is 19.5 Å². The molecule has 0 saturated heterocycles. The summed E-state index contributed by atoms with van der Waals surface area (Å²) in [5.41, 5.74) is 11.5. The van der Waals surface area contributed by atoms with E-state index in [4.69, 9.17) is 15.7 Å². The van der Waals surface area contributed by atoms with Crippen LogP contribution in [0.3, 0.4) is 0 Å². The van der Waals surface area contributed by atoms with Crippen LogP contribution in [0.4, 0.5) is 10.1 Å². The third kappa shape index (κ3) is 4.03. The fraction of sp³-hybridized carbons (Fsp3) is 0.111. The van der Waals surface area contributed by atoms with Gasteiger partial charge in [-0.05, 0) is 30.2 Å². The molecule has 2 aromatic heterocycles. The number of anilines is 1. The molecule has 0 bridgehead atoms. The van der Waals surface area contributed by atoms with Crippen molar-refractivity contribution in [2.24, 2.45) is 0 Å². The largest absolute Gasteiger partial charge is 0.493 e. The summed E-state index contributed by atoms with van der Waals surface area (Å²) in [6.07, 6.45) is 2.58. The molecule has 0 fully saturated rings. The maximum Gasteiger partial charge on any atom is 0.219 e. The second kappa shape index (κ2) is 8.39. The average molecular weight is 439 g/mol. The molecule has 3 aromatic carbocycles. The molecule has 0 unspecified atom stereocenters. The lowest BCUT2D eigenvalue weighted by atomic mass is 10.1. The molecular weight excluding hydrogens is 415 g/mol. The second-order valence-corrected chi connectivity index (χ2v) is 8.18. The van der Waals surface area contributed by atoms with E-state index in [0.717, 1.165) is 11.1 Å². The maximum atomic E-state index is 14.8. The molecule has 0 radical (unpaired) electrons. The fourth-order valence-electron chi connectivity index (χ4n) is 3.95. The molecule has 5 rings (SSSR count). The Morgan fingerprint density at radius 3 is 2.30 bits per heavy atom. The standard InChI is InChI=1S/C27H23FN4O/c1-17-10-12-19(13-11-17)15-23-27(33)32-16-24(20-8-5-9-21(29)25(20)28)30-22(26(32)31-23)14-18-6-3-2-4-7-18/h2-13,16,33H,14-15,29H2,1H3. The van der Waals surface area contributed by atoms with E-state index in [9.17, 15) is 9.50 Å². The zero-order chi connectivity index (χ0) is 22.9. The zero-order valence-electron chi connectivity index (χ0n) is 18.2. The highest BCUT2D eigenvalue weighted by atomic mass is 19.1.